The maximum Gasteiger partial charge on any atom is 0.416 e. The zero-order valence-electron chi connectivity index (χ0n) is 11.7. The Labute approximate surface area is 134 Å². The summed E-state index contributed by atoms with van der Waals surface area (Å²) in [6, 6.07) is 4.61. The van der Waals surface area contributed by atoms with Crippen LogP contribution in [-0.2, 0) is 11.7 Å². The largest absolute Gasteiger partial charge is 0.416 e. The molecule has 1 aliphatic rings. The van der Waals surface area contributed by atoms with Crippen LogP contribution in [0.4, 0.5) is 13.2 Å². The summed E-state index contributed by atoms with van der Waals surface area (Å²) in [4.78, 5) is 12.2. The summed E-state index contributed by atoms with van der Waals surface area (Å²) < 4.78 is 38.7. The molecule has 0 saturated heterocycles. The molecular formula is C15H11ClF3N3O. The number of benzene rings is 1. The van der Waals surface area contributed by atoms with Gasteiger partial charge in [0.15, 0.2) is 0 Å². The normalized spacial score (nSPS) is 16.0. The van der Waals surface area contributed by atoms with E-state index in [1.165, 1.54) is 24.5 Å². The first-order valence-electron chi connectivity index (χ1n) is 6.78. The molecule has 0 aliphatic heterocycles. The molecule has 0 atom stereocenters. The number of nitrogens with zero attached hydrogens (tertiary/aromatic N) is 2. The highest BCUT2D eigenvalue weighted by Gasteiger charge is 2.48. The second-order valence-electron chi connectivity index (χ2n) is 5.36. The van der Waals surface area contributed by atoms with Crippen LogP contribution in [0, 0.1) is 0 Å². The van der Waals surface area contributed by atoms with E-state index >= 15 is 0 Å². The van der Waals surface area contributed by atoms with Crippen molar-refractivity contribution in [2.45, 2.75) is 24.6 Å². The highest BCUT2D eigenvalue weighted by molar-refractivity contribution is 6.31. The van der Waals surface area contributed by atoms with Crippen molar-refractivity contribution in [3.05, 3.63) is 58.4 Å². The molecule has 23 heavy (non-hydrogen) atoms. The van der Waals surface area contributed by atoms with Gasteiger partial charge < -0.3 is 5.32 Å². The Morgan fingerprint density at radius 3 is 2.52 bits per heavy atom. The average molecular weight is 342 g/mol. The second kappa shape index (κ2) is 5.49. The van der Waals surface area contributed by atoms with Crippen molar-refractivity contribution in [2.75, 3.05) is 0 Å². The predicted octanol–water partition coefficient (Wildman–Crippen LogP) is 3.57. The Morgan fingerprint density at radius 2 is 1.96 bits per heavy atom. The van der Waals surface area contributed by atoms with Crippen LogP contribution in [-0.4, -0.2) is 16.1 Å². The summed E-state index contributed by atoms with van der Waals surface area (Å²) in [5.41, 5.74) is -1.08. The van der Waals surface area contributed by atoms with Crippen molar-refractivity contribution >= 4 is 17.5 Å². The van der Waals surface area contributed by atoms with Gasteiger partial charge in [-0.15, -0.1) is 0 Å². The van der Waals surface area contributed by atoms with Gasteiger partial charge in [0, 0.05) is 5.02 Å². The SMILES string of the molecule is O=C(NC1(c2cc(C(F)(F)F)ccc2Cl)CC1)c1ccnnc1. The molecule has 1 heterocycles. The molecule has 0 bridgehead atoms. The molecule has 1 saturated carbocycles. The van der Waals surface area contributed by atoms with Gasteiger partial charge in [0.2, 0.25) is 0 Å². The third-order valence-electron chi connectivity index (χ3n) is 3.76. The molecular weight excluding hydrogens is 331 g/mol. The first-order chi connectivity index (χ1) is 10.8. The van der Waals surface area contributed by atoms with Crippen LogP contribution in [0.5, 0.6) is 0 Å². The number of alkyl halides is 3. The molecule has 1 aliphatic carbocycles. The average Bonchev–Trinajstić information content (AvgIpc) is 3.28. The lowest BCUT2D eigenvalue weighted by atomic mass is 10.0. The smallest absolute Gasteiger partial charge is 0.342 e. The second-order valence-corrected chi connectivity index (χ2v) is 5.77. The third kappa shape index (κ3) is 3.14. The summed E-state index contributed by atoms with van der Waals surface area (Å²) in [6.45, 7) is 0. The van der Waals surface area contributed by atoms with E-state index < -0.39 is 23.2 Å². The van der Waals surface area contributed by atoms with Crippen LogP contribution < -0.4 is 5.32 Å². The van der Waals surface area contributed by atoms with Crippen molar-refractivity contribution in [1.29, 1.82) is 0 Å². The number of hydrogen-bond acceptors (Lipinski definition) is 3. The molecule has 1 aromatic carbocycles. The van der Waals surface area contributed by atoms with Crippen LogP contribution in [0.25, 0.3) is 0 Å². The van der Waals surface area contributed by atoms with E-state index in [2.05, 4.69) is 15.5 Å². The third-order valence-corrected chi connectivity index (χ3v) is 4.09. The van der Waals surface area contributed by atoms with Gasteiger partial charge in [0.1, 0.15) is 0 Å². The monoisotopic (exact) mass is 341 g/mol. The van der Waals surface area contributed by atoms with Gasteiger partial charge in [0.05, 0.1) is 29.1 Å². The zero-order chi connectivity index (χ0) is 16.7. The van der Waals surface area contributed by atoms with Gasteiger partial charge in [-0.1, -0.05) is 11.6 Å². The summed E-state index contributed by atoms with van der Waals surface area (Å²) in [7, 11) is 0. The maximum atomic E-state index is 12.9. The Bertz CT molecular complexity index is 745. The van der Waals surface area contributed by atoms with Crippen LogP contribution in [0.2, 0.25) is 5.02 Å². The molecule has 2 aromatic rings. The van der Waals surface area contributed by atoms with Gasteiger partial charge in [-0.05, 0) is 42.7 Å². The lowest BCUT2D eigenvalue weighted by molar-refractivity contribution is -0.137. The Morgan fingerprint density at radius 1 is 1.22 bits per heavy atom. The summed E-state index contributed by atoms with van der Waals surface area (Å²) in [6.07, 6.45) is -0.754. The quantitative estimate of drug-likeness (QED) is 0.928. The maximum absolute atomic E-state index is 12.9. The standard InChI is InChI=1S/C15H11ClF3N3O/c16-12-2-1-10(15(17,18)19)7-11(12)14(4-5-14)22-13(23)9-3-6-20-21-8-9/h1-3,6-8H,4-5H2,(H,22,23). The minimum absolute atomic E-state index is 0.198. The highest BCUT2D eigenvalue weighted by atomic mass is 35.5. The van der Waals surface area contributed by atoms with Gasteiger partial charge >= 0.3 is 6.18 Å². The van der Waals surface area contributed by atoms with Crippen LogP contribution in [0.15, 0.2) is 36.7 Å². The fourth-order valence-electron chi connectivity index (χ4n) is 2.37. The Balaban J connectivity index is 1.90. The fraction of sp³-hybridized carbons (Fsp3) is 0.267. The number of halogens is 4. The molecule has 120 valence electrons. The Kier molecular flexibility index (Phi) is 3.75. The van der Waals surface area contributed by atoms with E-state index in [1.54, 1.807) is 0 Å². The van der Waals surface area contributed by atoms with Crippen LogP contribution in [0.3, 0.4) is 0 Å². The molecule has 3 rings (SSSR count). The summed E-state index contributed by atoms with van der Waals surface area (Å²) in [5.74, 6) is -0.425. The zero-order valence-corrected chi connectivity index (χ0v) is 12.4. The minimum atomic E-state index is -4.46. The molecule has 1 N–H and O–H groups in total. The van der Waals surface area contributed by atoms with Crippen LogP contribution >= 0.6 is 11.6 Å². The predicted molar refractivity (Wildman–Crippen MR) is 76.9 cm³/mol. The lowest BCUT2D eigenvalue weighted by Crippen LogP contribution is -2.35. The molecule has 0 radical (unpaired) electrons. The Hall–Kier alpha value is -2.15. The summed E-state index contributed by atoms with van der Waals surface area (Å²) in [5, 5.41) is 10.1. The first-order valence-corrected chi connectivity index (χ1v) is 7.16. The van der Waals surface area contributed by atoms with E-state index in [-0.39, 0.29) is 16.1 Å². The van der Waals surface area contributed by atoms with E-state index in [0.717, 1.165) is 12.1 Å². The van der Waals surface area contributed by atoms with Crippen LogP contribution in [0.1, 0.15) is 34.3 Å². The summed E-state index contributed by atoms with van der Waals surface area (Å²) >= 11 is 6.06. The van der Waals surface area contributed by atoms with E-state index in [1.807, 2.05) is 0 Å². The molecule has 0 spiro atoms. The van der Waals surface area contributed by atoms with Crippen molar-refractivity contribution < 1.29 is 18.0 Å². The molecule has 1 aromatic heterocycles. The number of carbonyl (C=O) groups is 1. The topological polar surface area (TPSA) is 54.9 Å². The van der Waals surface area contributed by atoms with E-state index in [4.69, 9.17) is 11.6 Å². The van der Waals surface area contributed by atoms with Gasteiger partial charge in [0.25, 0.3) is 5.91 Å². The molecule has 0 unspecified atom stereocenters. The lowest BCUT2D eigenvalue weighted by Gasteiger charge is -2.20. The van der Waals surface area contributed by atoms with Gasteiger partial charge in [-0.2, -0.15) is 23.4 Å². The molecule has 1 fully saturated rings. The molecule has 1 amide bonds. The van der Waals surface area contributed by atoms with Gasteiger partial charge in [-0.25, -0.2) is 0 Å². The number of aromatic nitrogens is 2. The van der Waals surface area contributed by atoms with Crippen molar-refractivity contribution in [3.63, 3.8) is 0 Å². The number of hydrogen-bond donors (Lipinski definition) is 1. The van der Waals surface area contributed by atoms with E-state index in [0.29, 0.717) is 12.8 Å². The number of carbonyl (C=O) groups excluding carboxylic acids is 1. The van der Waals surface area contributed by atoms with Gasteiger partial charge in [-0.3, -0.25) is 4.79 Å². The van der Waals surface area contributed by atoms with Crippen molar-refractivity contribution in [1.82, 2.24) is 15.5 Å². The highest BCUT2D eigenvalue weighted by Crippen LogP contribution is 2.49. The first kappa shape index (κ1) is 15.7. The minimum Gasteiger partial charge on any atom is -0.342 e. The fourth-order valence-corrected chi connectivity index (χ4v) is 2.67. The number of rotatable bonds is 3. The van der Waals surface area contributed by atoms with E-state index in [9.17, 15) is 18.0 Å². The van der Waals surface area contributed by atoms with Crippen molar-refractivity contribution in [3.8, 4) is 0 Å². The molecule has 8 heteroatoms. The molecule has 4 nitrogen and oxygen atoms in total. The van der Waals surface area contributed by atoms with Crippen molar-refractivity contribution in [2.24, 2.45) is 0 Å². The number of nitrogens with one attached hydrogen (secondary N) is 1. The number of amides is 1.